The Kier molecular flexibility index (Phi) is 6.38. The molecule has 0 saturated carbocycles. The molecule has 0 bridgehead atoms. The normalized spacial score (nSPS) is 11.5. The van der Waals surface area contributed by atoms with E-state index in [1.54, 1.807) is 7.11 Å². The van der Waals surface area contributed by atoms with E-state index >= 15 is 0 Å². The van der Waals surface area contributed by atoms with Crippen LogP contribution in [0.4, 0.5) is 0 Å². The molecule has 0 amide bonds. The smallest absolute Gasteiger partial charge is 0.188 e. The second-order valence-electron chi connectivity index (χ2n) is 5.52. The van der Waals surface area contributed by atoms with E-state index in [2.05, 4.69) is 68.4 Å². The van der Waals surface area contributed by atoms with Gasteiger partial charge in [0, 0.05) is 19.0 Å². The zero-order valence-electron chi connectivity index (χ0n) is 13.7. The predicted molar refractivity (Wildman–Crippen MR) is 95.1 cm³/mol. The molecule has 0 radical (unpaired) electrons. The number of rotatable bonds is 7. The summed E-state index contributed by atoms with van der Waals surface area (Å²) in [5.74, 6) is 0.947. The molecule has 2 aromatic carbocycles. The van der Waals surface area contributed by atoms with Crippen molar-refractivity contribution in [3.05, 3.63) is 53.6 Å². The Bertz CT molecular complexity index is 614. The number of nitrogens with zero attached hydrogens (tertiary/aromatic N) is 1. The van der Waals surface area contributed by atoms with Crippen LogP contribution in [0.1, 0.15) is 11.1 Å². The quantitative estimate of drug-likeness (QED) is 0.579. The van der Waals surface area contributed by atoms with Crippen LogP contribution in [0.5, 0.6) is 5.75 Å². The molecule has 0 aliphatic heterocycles. The molecule has 2 aromatic rings. The largest absolute Gasteiger partial charge is 0.467 e. The van der Waals surface area contributed by atoms with Gasteiger partial charge in [-0.1, -0.05) is 51.0 Å². The monoisotopic (exact) mass is 317 g/mol. The molecule has 0 N–H and O–H groups in total. The van der Waals surface area contributed by atoms with Crippen LogP contribution in [-0.2, 0) is 11.3 Å². The molecular weight excluding hydrogens is 293 g/mol. The topological polar surface area (TPSA) is 21.7 Å². The van der Waals surface area contributed by atoms with E-state index < -0.39 is 0 Å². The van der Waals surface area contributed by atoms with E-state index in [1.807, 2.05) is 0 Å². The zero-order chi connectivity index (χ0) is 15.9. The predicted octanol–water partition coefficient (Wildman–Crippen LogP) is 2.67. The van der Waals surface area contributed by atoms with Gasteiger partial charge in [-0.15, -0.1) is 0 Å². The molecule has 118 valence electrons. The second-order valence-corrected chi connectivity index (χ2v) is 6.85. The molecule has 3 nitrogen and oxygen atoms in total. The maximum absolute atomic E-state index is 5.78. The Balaban J connectivity index is 2.29. The highest BCUT2D eigenvalue weighted by molar-refractivity contribution is 7.55. The van der Waals surface area contributed by atoms with Crippen LogP contribution < -0.4 is 15.3 Å². The number of para-hydroxylation sites is 1. The van der Waals surface area contributed by atoms with E-state index in [9.17, 15) is 0 Å². The molecule has 22 heavy (non-hydrogen) atoms. The summed E-state index contributed by atoms with van der Waals surface area (Å²) < 4.78 is 10.8. The van der Waals surface area contributed by atoms with Gasteiger partial charge in [-0.2, -0.15) is 0 Å². The third-order valence-electron chi connectivity index (χ3n) is 3.31. The summed E-state index contributed by atoms with van der Waals surface area (Å²) in [7, 11) is 6.41. The van der Waals surface area contributed by atoms with Gasteiger partial charge in [0.15, 0.2) is 6.79 Å². The molecule has 0 aliphatic carbocycles. The van der Waals surface area contributed by atoms with Crippen LogP contribution in [0.25, 0.3) is 0 Å². The molecule has 0 aromatic heterocycles. The van der Waals surface area contributed by atoms with Crippen molar-refractivity contribution in [1.82, 2.24) is 4.90 Å². The Labute approximate surface area is 135 Å². The minimum Gasteiger partial charge on any atom is -0.467 e. The first kappa shape index (κ1) is 17.0. The van der Waals surface area contributed by atoms with E-state index in [0.29, 0.717) is 8.58 Å². The first-order valence-corrected chi connectivity index (χ1v) is 8.33. The second kappa shape index (κ2) is 8.28. The molecule has 0 aliphatic rings. The summed E-state index contributed by atoms with van der Waals surface area (Å²) in [5, 5.41) is 2.59. The average Bonchev–Trinajstić information content (AvgIpc) is 2.48. The van der Waals surface area contributed by atoms with Gasteiger partial charge in [-0.3, -0.25) is 0 Å². The van der Waals surface area contributed by atoms with Gasteiger partial charge in [0.1, 0.15) is 5.75 Å². The van der Waals surface area contributed by atoms with Crippen molar-refractivity contribution in [1.29, 1.82) is 0 Å². The van der Waals surface area contributed by atoms with Gasteiger partial charge in [-0.05, 0) is 37.5 Å². The zero-order valence-corrected chi connectivity index (χ0v) is 14.7. The minimum atomic E-state index is 0.279. The SMILES string of the molecule is COCOc1c(C)cccc1Pc1ccccc1CN(C)C. The van der Waals surface area contributed by atoms with Crippen molar-refractivity contribution in [3.63, 3.8) is 0 Å². The van der Waals surface area contributed by atoms with Crippen LogP contribution >= 0.6 is 8.58 Å². The standard InChI is InChI=1S/C18H24NO2P/c1-14-8-7-11-17(18(14)21-13-20-4)22-16-10-6-5-9-15(16)12-19(2)3/h5-11,22H,12-13H2,1-4H3. The van der Waals surface area contributed by atoms with Gasteiger partial charge in [0.25, 0.3) is 0 Å². The van der Waals surface area contributed by atoms with Gasteiger partial charge in [0.05, 0.1) is 0 Å². The molecule has 0 saturated heterocycles. The lowest BCUT2D eigenvalue weighted by Crippen LogP contribution is -2.18. The first-order valence-electron chi connectivity index (χ1n) is 7.33. The van der Waals surface area contributed by atoms with Crippen molar-refractivity contribution in [2.45, 2.75) is 13.5 Å². The lowest BCUT2D eigenvalue weighted by atomic mass is 10.2. The first-order chi connectivity index (χ1) is 10.6. The van der Waals surface area contributed by atoms with E-state index in [4.69, 9.17) is 9.47 Å². The highest BCUT2D eigenvalue weighted by Gasteiger charge is 2.10. The number of methoxy groups -OCH3 is 1. The Morgan fingerprint density at radius 2 is 1.73 bits per heavy atom. The molecule has 1 atom stereocenters. The molecule has 4 heteroatoms. The van der Waals surface area contributed by atoms with E-state index in [-0.39, 0.29) is 6.79 Å². The molecule has 1 unspecified atom stereocenters. The maximum atomic E-state index is 5.78. The van der Waals surface area contributed by atoms with Gasteiger partial charge in [0.2, 0.25) is 0 Å². The van der Waals surface area contributed by atoms with Crippen molar-refractivity contribution in [3.8, 4) is 5.75 Å². The Morgan fingerprint density at radius 1 is 1.00 bits per heavy atom. The van der Waals surface area contributed by atoms with Crippen LogP contribution in [0.3, 0.4) is 0 Å². The van der Waals surface area contributed by atoms with Gasteiger partial charge >= 0.3 is 0 Å². The Morgan fingerprint density at radius 3 is 2.45 bits per heavy atom. The third kappa shape index (κ3) is 4.54. The number of ether oxygens (including phenoxy) is 2. The lowest BCUT2D eigenvalue weighted by molar-refractivity contribution is 0.0514. The molecule has 0 fully saturated rings. The summed E-state index contributed by atoms with van der Waals surface area (Å²) in [4.78, 5) is 2.20. The molecule has 0 heterocycles. The van der Waals surface area contributed by atoms with E-state index in [0.717, 1.165) is 17.9 Å². The molecule has 2 rings (SSSR count). The summed E-state index contributed by atoms with van der Waals surface area (Å²) in [6, 6.07) is 14.9. The number of hydrogen-bond acceptors (Lipinski definition) is 3. The van der Waals surface area contributed by atoms with Gasteiger partial charge < -0.3 is 14.4 Å². The number of benzene rings is 2. The summed E-state index contributed by atoms with van der Waals surface area (Å²) in [6.45, 7) is 3.30. The summed E-state index contributed by atoms with van der Waals surface area (Å²) >= 11 is 0. The third-order valence-corrected chi connectivity index (χ3v) is 4.73. The lowest BCUT2D eigenvalue weighted by Gasteiger charge is -2.17. The highest BCUT2D eigenvalue weighted by Crippen LogP contribution is 2.24. The van der Waals surface area contributed by atoms with Crippen LogP contribution in [0.15, 0.2) is 42.5 Å². The van der Waals surface area contributed by atoms with Crippen LogP contribution in [-0.4, -0.2) is 32.9 Å². The number of aryl methyl sites for hydroxylation is 1. The number of hydrogen-bond donors (Lipinski definition) is 0. The fourth-order valence-corrected chi connectivity index (χ4v) is 3.68. The fraction of sp³-hybridized carbons (Fsp3) is 0.333. The minimum absolute atomic E-state index is 0.279. The highest BCUT2D eigenvalue weighted by atomic mass is 31.1. The average molecular weight is 317 g/mol. The van der Waals surface area contributed by atoms with Crippen molar-refractivity contribution in [2.24, 2.45) is 0 Å². The van der Waals surface area contributed by atoms with Crippen molar-refractivity contribution < 1.29 is 9.47 Å². The Hall–Kier alpha value is -1.41. The van der Waals surface area contributed by atoms with E-state index in [1.165, 1.54) is 16.2 Å². The van der Waals surface area contributed by atoms with Gasteiger partial charge in [-0.25, -0.2) is 0 Å². The molecular formula is C18H24NO2P. The molecule has 0 spiro atoms. The maximum Gasteiger partial charge on any atom is 0.188 e. The van der Waals surface area contributed by atoms with Crippen molar-refractivity contribution in [2.75, 3.05) is 28.0 Å². The fourth-order valence-electron chi connectivity index (χ4n) is 2.33. The van der Waals surface area contributed by atoms with Crippen LogP contribution in [0.2, 0.25) is 0 Å². The van der Waals surface area contributed by atoms with Crippen molar-refractivity contribution >= 4 is 19.2 Å². The summed E-state index contributed by atoms with van der Waals surface area (Å²) in [5.41, 5.74) is 2.51. The van der Waals surface area contributed by atoms with Crippen LogP contribution in [0, 0.1) is 6.92 Å². The summed E-state index contributed by atoms with van der Waals surface area (Å²) in [6.07, 6.45) is 0.